The fourth-order valence-corrected chi connectivity index (χ4v) is 2.29. The monoisotopic (exact) mass is 319 g/mol. The predicted molar refractivity (Wildman–Crippen MR) is 83.5 cm³/mol. The lowest BCUT2D eigenvalue weighted by molar-refractivity contribution is -0.119. The smallest absolute Gasteiger partial charge is 0.338 e. The summed E-state index contributed by atoms with van der Waals surface area (Å²) in [6.45, 7) is -0.404. The molecule has 4 nitrogen and oxygen atoms in total. The molecule has 0 aromatic heterocycles. The molecule has 0 radical (unpaired) electrons. The number of hydrogen-bond donors (Lipinski definition) is 1. The standard InChI is InChI=1S/C16H14FNO3S/c1-22-14-5-3-2-4-13(14)18-15(19)10-21-16(20)11-6-8-12(17)9-7-11/h2-9H,10H2,1H3,(H,18,19). The summed E-state index contributed by atoms with van der Waals surface area (Å²) < 4.78 is 17.7. The number of rotatable bonds is 5. The molecule has 0 spiro atoms. The molecular formula is C16H14FNO3S. The van der Waals surface area contributed by atoms with Crippen molar-refractivity contribution in [2.75, 3.05) is 18.2 Å². The van der Waals surface area contributed by atoms with Crippen LogP contribution in [0.5, 0.6) is 0 Å². The highest BCUT2D eigenvalue weighted by molar-refractivity contribution is 7.98. The van der Waals surface area contributed by atoms with Gasteiger partial charge in [0, 0.05) is 4.90 Å². The largest absolute Gasteiger partial charge is 0.452 e. The first-order chi connectivity index (χ1) is 10.6. The van der Waals surface area contributed by atoms with E-state index in [9.17, 15) is 14.0 Å². The van der Waals surface area contributed by atoms with Crippen LogP contribution in [0.25, 0.3) is 0 Å². The lowest BCUT2D eigenvalue weighted by Crippen LogP contribution is -2.21. The van der Waals surface area contributed by atoms with Crippen molar-refractivity contribution in [1.82, 2.24) is 0 Å². The first-order valence-corrected chi connectivity index (χ1v) is 7.68. The molecule has 2 aromatic carbocycles. The molecule has 0 bridgehead atoms. The van der Waals surface area contributed by atoms with Crippen molar-refractivity contribution < 1.29 is 18.7 Å². The summed E-state index contributed by atoms with van der Waals surface area (Å²) in [6.07, 6.45) is 1.90. The molecule has 2 aromatic rings. The van der Waals surface area contributed by atoms with E-state index in [-0.39, 0.29) is 5.56 Å². The summed E-state index contributed by atoms with van der Waals surface area (Å²) in [5.74, 6) is -1.55. The van der Waals surface area contributed by atoms with Gasteiger partial charge in [-0.2, -0.15) is 0 Å². The third kappa shape index (κ3) is 4.33. The zero-order chi connectivity index (χ0) is 15.9. The fraction of sp³-hybridized carbons (Fsp3) is 0.125. The minimum Gasteiger partial charge on any atom is -0.452 e. The van der Waals surface area contributed by atoms with E-state index in [0.29, 0.717) is 5.69 Å². The van der Waals surface area contributed by atoms with Crippen LogP contribution in [-0.4, -0.2) is 24.7 Å². The van der Waals surface area contributed by atoms with E-state index in [4.69, 9.17) is 4.74 Å². The maximum absolute atomic E-state index is 12.8. The van der Waals surface area contributed by atoms with E-state index in [1.807, 2.05) is 18.4 Å². The van der Waals surface area contributed by atoms with Gasteiger partial charge in [0.15, 0.2) is 6.61 Å². The molecule has 0 aliphatic rings. The number of anilines is 1. The zero-order valence-corrected chi connectivity index (χ0v) is 12.7. The number of hydrogen-bond acceptors (Lipinski definition) is 4. The number of nitrogens with one attached hydrogen (secondary N) is 1. The van der Waals surface area contributed by atoms with Gasteiger partial charge in [0.2, 0.25) is 0 Å². The van der Waals surface area contributed by atoms with Crippen molar-refractivity contribution in [3.05, 3.63) is 59.9 Å². The van der Waals surface area contributed by atoms with Gasteiger partial charge in [-0.3, -0.25) is 4.79 Å². The van der Waals surface area contributed by atoms with Crippen LogP contribution in [0.1, 0.15) is 10.4 Å². The Balaban J connectivity index is 1.90. The quantitative estimate of drug-likeness (QED) is 0.678. The number of thioether (sulfide) groups is 1. The topological polar surface area (TPSA) is 55.4 Å². The number of benzene rings is 2. The highest BCUT2D eigenvalue weighted by Gasteiger charge is 2.11. The Hall–Kier alpha value is -2.34. The van der Waals surface area contributed by atoms with Crippen molar-refractivity contribution >= 4 is 29.3 Å². The minimum absolute atomic E-state index is 0.193. The van der Waals surface area contributed by atoms with E-state index < -0.39 is 24.3 Å². The van der Waals surface area contributed by atoms with Gasteiger partial charge in [-0.25, -0.2) is 9.18 Å². The molecule has 0 saturated carbocycles. The van der Waals surface area contributed by atoms with Gasteiger partial charge >= 0.3 is 5.97 Å². The van der Waals surface area contributed by atoms with Crippen LogP contribution in [0.3, 0.4) is 0 Å². The Morgan fingerprint density at radius 1 is 1.14 bits per heavy atom. The summed E-state index contributed by atoms with van der Waals surface area (Å²) in [5.41, 5.74) is 0.858. The molecule has 0 aliphatic heterocycles. The SMILES string of the molecule is CSc1ccccc1NC(=O)COC(=O)c1ccc(F)cc1. The molecule has 0 heterocycles. The summed E-state index contributed by atoms with van der Waals surface area (Å²) in [4.78, 5) is 24.4. The second-order valence-corrected chi connectivity index (χ2v) is 5.18. The van der Waals surface area contributed by atoms with E-state index in [2.05, 4.69) is 5.32 Å². The highest BCUT2D eigenvalue weighted by Crippen LogP contribution is 2.24. The van der Waals surface area contributed by atoms with Crippen LogP contribution < -0.4 is 5.32 Å². The van der Waals surface area contributed by atoms with Crippen molar-refractivity contribution in [3.8, 4) is 0 Å². The number of halogens is 1. The van der Waals surface area contributed by atoms with Crippen LogP contribution in [-0.2, 0) is 9.53 Å². The average Bonchev–Trinajstić information content (AvgIpc) is 2.54. The number of carbonyl (C=O) groups excluding carboxylic acids is 2. The number of para-hydroxylation sites is 1. The normalized spacial score (nSPS) is 10.1. The Labute approximate surface area is 131 Å². The Morgan fingerprint density at radius 2 is 1.82 bits per heavy atom. The van der Waals surface area contributed by atoms with Crippen LogP contribution in [0, 0.1) is 5.82 Å². The van der Waals surface area contributed by atoms with Crippen LogP contribution in [0.15, 0.2) is 53.4 Å². The maximum atomic E-state index is 12.8. The van der Waals surface area contributed by atoms with E-state index in [0.717, 1.165) is 17.0 Å². The number of carbonyl (C=O) groups is 2. The Kier molecular flexibility index (Phi) is 5.55. The van der Waals surface area contributed by atoms with Crippen molar-refractivity contribution in [1.29, 1.82) is 0 Å². The molecule has 114 valence electrons. The molecule has 0 aliphatic carbocycles. The second kappa shape index (κ2) is 7.61. The lowest BCUT2D eigenvalue weighted by atomic mass is 10.2. The third-order valence-corrected chi connectivity index (χ3v) is 3.59. The number of amides is 1. The number of ether oxygens (including phenoxy) is 1. The van der Waals surface area contributed by atoms with Crippen molar-refractivity contribution in [2.45, 2.75) is 4.90 Å². The Bertz CT molecular complexity index is 673. The number of esters is 1. The molecule has 1 amide bonds. The molecule has 22 heavy (non-hydrogen) atoms. The van der Waals surface area contributed by atoms with Gasteiger partial charge in [0.1, 0.15) is 5.82 Å². The van der Waals surface area contributed by atoms with Gasteiger partial charge in [-0.05, 0) is 42.7 Å². The van der Waals surface area contributed by atoms with Crippen molar-refractivity contribution in [3.63, 3.8) is 0 Å². The minimum atomic E-state index is -0.673. The first-order valence-electron chi connectivity index (χ1n) is 6.45. The summed E-state index contributed by atoms with van der Waals surface area (Å²) in [5, 5.41) is 2.68. The van der Waals surface area contributed by atoms with Crippen molar-refractivity contribution in [2.24, 2.45) is 0 Å². The summed E-state index contributed by atoms with van der Waals surface area (Å²) >= 11 is 1.50. The third-order valence-electron chi connectivity index (χ3n) is 2.80. The molecule has 0 fully saturated rings. The molecule has 0 saturated heterocycles. The maximum Gasteiger partial charge on any atom is 0.338 e. The molecule has 1 N–H and O–H groups in total. The lowest BCUT2D eigenvalue weighted by Gasteiger charge is -2.09. The van der Waals surface area contributed by atoms with Gasteiger partial charge in [-0.15, -0.1) is 11.8 Å². The molecular weight excluding hydrogens is 305 g/mol. The van der Waals surface area contributed by atoms with Gasteiger partial charge in [0.25, 0.3) is 5.91 Å². The molecule has 0 atom stereocenters. The Morgan fingerprint density at radius 3 is 2.50 bits per heavy atom. The van der Waals surface area contributed by atoms with E-state index in [1.54, 1.807) is 12.1 Å². The first kappa shape index (κ1) is 16.0. The molecule has 2 rings (SSSR count). The molecule has 0 unspecified atom stereocenters. The van der Waals surface area contributed by atoms with E-state index >= 15 is 0 Å². The fourth-order valence-electron chi connectivity index (χ4n) is 1.73. The van der Waals surface area contributed by atoms with Crippen LogP contribution in [0.4, 0.5) is 10.1 Å². The van der Waals surface area contributed by atoms with Gasteiger partial charge < -0.3 is 10.1 Å². The molecule has 6 heteroatoms. The highest BCUT2D eigenvalue weighted by atomic mass is 32.2. The van der Waals surface area contributed by atoms with Gasteiger partial charge in [0.05, 0.1) is 11.3 Å². The average molecular weight is 319 g/mol. The van der Waals surface area contributed by atoms with Crippen LogP contribution in [0.2, 0.25) is 0 Å². The van der Waals surface area contributed by atoms with E-state index in [1.165, 1.54) is 23.9 Å². The second-order valence-electron chi connectivity index (χ2n) is 4.33. The predicted octanol–water partition coefficient (Wildman–Crippen LogP) is 3.34. The zero-order valence-electron chi connectivity index (χ0n) is 11.8. The summed E-state index contributed by atoms with van der Waals surface area (Å²) in [6, 6.07) is 12.3. The van der Waals surface area contributed by atoms with Gasteiger partial charge in [-0.1, -0.05) is 12.1 Å². The summed E-state index contributed by atoms with van der Waals surface area (Å²) in [7, 11) is 0. The van der Waals surface area contributed by atoms with Crippen LogP contribution >= 0.6 is 11.8 Å².